The number of piperazine rings is 1. The molecule has 1 aliphatic heterocycles. The van der Waals surface area contributed by atoms with Crippen LogP contribution in [0.15, 0.2) is 12.2 Å². The maximum atomic E-state index is 10.6. The molecule has 5 nitrogen and oxygen atoms in total. The minimum Gasteiger partial charge on any atom is -0.465 e. The van der Waals surface area contributed by atoms with Crippen LogP contribution in [0.4, 0.5) is 4.79 Å². The lowest BCUT2D eigenvalue weighted by atomic mass is 10.3. The maximum absolute atomic E-state index is 10.6. The summed E-state index contributed by atoms with van der Waals surface area (Å²) in [7, 11) is 0. The summed E-state index contributed by atoms with van der Waals surface area (Å²) in [5.41, 5.74) is 0. The first-order chi connectivity index (χ1) is 6.74. The number of hydrogen-bond acceptors (Lipinski definition) is 3. The van der Waals surface area contributed by atoms with Crippen LogP contribution in [0.25, 0.3) is 0 Å². The van der Waals surface area contributed by atoms with E-state index in [9.17, 15) is 4.79 Å². The summed E-state index contributed by atoms with van der Waals surface area (Å²) in [5.74, 6) is 0. The van der Waals surface area contributed by atoms with E-state index in [0.717, 1.165) is 19.6 Å². The molecule has 0 aliphatic carbocycles. The van der Waals surface area contributed by atoms with Gasteiger partial charge in [0, 0.05) is 38.8 Å². The van der Waals surface area contributed by atoms with Gasteiger partial charge in [0.05, 0.1) is 6.07 Å². The molecule has 5 heteroatoms. The largest absolute Gasteiger partial charge is 0.465 e. The van der Waals surface area contributed by atoms with E-state index in [1.807, 2.05) is 6.07 Å². The van der Waals surface area contributed by atoms with Crippen molar-refractivity contribution < 1.29 is 9.90 Å². The van der Waals surface area contributed by atoms with Crippen molar-refractivity contribution in [3.63, 3.8) is 0 Å². The summed E-state index contributed by atoms with van der Waals surface area (Å²) in [6.45, 7) is 3.30. The van der Waals surface area contributed by atoms with E-state index in [1.165, 1.54) is 11.0 Å². The third-order valence-electron chi connectivity index (χ3n) is 2.20. The summed E-state index contributed by atoms with van der Waals surface area (Å²) in [6.07, 6.45) is 2.39. The third kappa shape index (κ3) is 3.07. The third-order valence-corrected chi connectivity index (χ3v) is 2.20. The molecule has 76 valence electrons. The highest BCUT2D eigenvalue weighted by Crippen LogP contribution is 2.01. The molecule has 0 unspecified atom stereocenters. The van der Waals surface area contributed by atoms with Crippen LogP contribution in [0, 0.1) is 11.3 Å². The minimum absolute atomic E-state index is 0.551. The highest BCUT2D eigenvalue weighted by atomic mass is 16.4. The number of allylic oxidation sites excluding steroid dienone is 1. The van der Waals surface area contributed by atoms with E-state index in [4.69, 9.17) is 10.4 Å². The zero-order chi connectivity index (χ0) is 10.4. The fourth-order valence-electron chi connectivity index (χ4n) is 1.38. The predicted molar refractivity (Wildman–Crippen MR) is 50.8 cm³/mol. The van der Waals surface area contributed by atoms with Gasteiger partial charge in [0.15, 0.2) is 0 Å². The average molecular weight is 195 g/mol. The topological polar surface area (TPSA) is 67.6 Å². The monoisotopic (exact) mass is 195 g/mol. The lowest BCUT2D eigenvalue weighted by Crippen LogP contribution is -2.48. The quantitative estimate of drug-likeness (QED) is 0.646. The standard InChI is InChI=1S/C9H13N3O2/c10-3-1-2-4-11-5-7-12(8-6-11)9(13)14/h1-2H,4-8H2,(H,13,14)/b2-1+. The molecule has 0 spiro atoms. The van der Waals surface area contributed by atoms with Crippen molar-refractivity contribution in [2.75, 3.05) is 32.7 Å². The molecule has 0 aromatic carbocycles. The number of hydrogen-bond donors (Lipinski definition) is 1. The molecule has 0 bridgehead atoms. The molecule has 1 N–H and O–H groups in total. The van der Waals surface area contributed by atoms with Gasteiger partial charge in [-0.05, 0) is 0 Å². The molecule has 1 rings (SSSR count). The van der Waals surface area contributed by atoms with Gasteiger partial charge in [-0.2, -0.15) is 5.26 Å². The summed E-state index contributed by atoms with van der Waals surface area (Å²) in [4.78, 5) is 14.1. The zero-order valence-corrected chi connectivity index (χ0v) is 7.89. The first-order valence-electron chi connectivity index (χ1n) is 4.49. The normalized spacial score (nSPS) is 18.4. The summed E-state index contributed by atoms with van der Waals surface area (Å²) >= 11 is 0. The molecule has 14 heavy (non-hydrogen) atoms. The zero-order valence-electron chi connectivity index (χ0n) is 7.89. The van der Waals surface area contributed by atoms with Crippen LogP contribution < -0.4 is 0 Å². The van der Waals surface area contributed by atoms with Crippen molar-refractivity contribution in [1.82, 2.24) is 9.80 Å². The van der Waals surface area contributed by atoms with E-state index in [0.29, 0.717) is 13.1 Å². The lowest BCUT2D eigenvalue weighted by Gasteiger charge is -2.32. The number of rotatable bonds is 2. The molecule has 1 amide bonds. The molecule has 0 radical (unpaired) electrons. The van der Waals surface area contributed by atoms with Gasteiger partial charge in [0.2, 0.25) is 0 Å². The van der Waals surface area contributed by atoms with Gasteiger partial charge in [-0.3, -0.25) is 4.90 Å². The van der Waals surface area contributed by atoms with E-state index < -0.39 is 6.09 Å². The molecular formula is C9H13N3O2. The molecule has 0 atom stereocenters. The molecular weight excluding hydrogens is 182 g/mol. The summed E-state index contributed by atoms with van der Waals surface area (Å²) in [6, 6.07) is 1.92. The maximum Gasteiger partial charge on any atom is 0.407 e. The average Bonchev–Trinajstić information content (AvgIpc) is 2.19. The highest BCUT2D eigenvalue weighted by Gasteiger charge is 2.18. The van der Waals surface area contributed by atoms with Gasteiger partial charge in [-0.15, -0.1) is 0 Å². The van der Waals surface area contributed by atoms with E-state index in [1.54, 1.807) is 6.08 Å². The van der Waals surface area contributed by atoms with Crippen molar-refractivity contribution >= 4 is 6.09 Å². The number of amides is 1. The number of carbonyl (C=O) groups is 1. The van der Waals surface area contributed by atoms with Crippen LogP contribution in [0.2, 0.25) is 0 Å². The van der Waals surface area contributed by atoms with Crippen LogP contribution in [-0.2, 0) is 0 Å². The Morgan fingerprint density at radius 3 is 2.57 bits per heavy atom. The molecule has 1 saturated heterocycles. The Morgan fingerprint density at radius 1 is 1.43 bits per heavy atom. The Kier molecular flexibility index (Phi) is 3.95. The fraction of sp³-hybridized carbons (Fsp3) is 0.556. The number of nitrogens with zero attached hydrogens (tertiary/aromatic N) is 3. The highest BCUT2D eigenvalue weighted by molar-refractivity contribution is 5.65. The second kappa shape index (κ2) is 5.25. The van der Waals surface area contributed by atoms with Crippen LogP contribution in [0.3, 0.4) is 0 Å². The first kappa shape index (κ1) is 10.5. The SMILES string of the molecule is N#C/C=C/CN1CCN(C(=O)O)CC1. The Hall–Kier alpha value is -1.54. The van der Waals surface area contributed by atoms with E-state index >= 15 is 0 Å². The summed E-state index contributed by atoms with van der Waals surface area (Å²) < 4.78 is 0. The smallest absolute Gasteiger partial charge is 0.407 e. The lowest BCUT2D eigenvalue weighted by molar-refractivity contribution is 0.110. The molecule has 0 aromatic heterocycles. The second-order valence-corrected chi connectivity index (χ2v) is 3.10. The Morgan fingerprint density at radius 2 is 2.07 bits per heavy atom. The Bertz CT molecular complexity index is 262. The van der Waals surface area contributed by atoms with Crippen molar-refractivity contribution in [3.8, 4) is 6.07 Å². The van der Waals surface area contributed by atoms with Crippen LogP contribution in [0.1, 0.15) is 0 Å². The molecule has 1 fully saturated rings. The van der Waals surface area contributed by atoms with Crippen molar-refractivity contribution in [3.05, 3.63) is 12.2 Å². The van der Waals surface area contributed by atoms with Crippen molar-refractivity contribution in [2.24, 2.45) is 0 Å². The summed E-state index contributed by atoms with van der Waals surface area (Å²) in [5, 5.41) is 17.0. The van der Waals surface area contributed by atoms with Gasteiger partial charge >= 0.3 is 6.09 Å². The predicted octanol–water partition coefficient (Wildman–Crippen LogP) is 0.362. The van der Waals surface area contributed by atoms with E-state index in [-0.39, 0.29) is 0 Å². The van der Waals surface area contributed by atoms with Gasteiger partial charge < -0.3 is 10.0 Å². The van der Waals surface area contributed by atoms with Gasteiger partial charge in [0.25, 0.3) is 0 Å². The molecule has 0 aromatic rings. The second-order valence-electron chi connectivity index (χ2n) is 3.10. The minimum atomic E-state index is -0.850. The Labute approximate surface area is 82.8 Å². The van der Waals surface area contributed by atoms with E-state index in [2.05, 4.69) is 4.90 Å². The van der Waals surface area contributed by atoms with Crippen LogP contribution >= 0.6 is 0 Å². The Balaban J connectivity index is 2.26. The van der Waals surface area contributed by atoms with Crippen molar-refractivity contribution in [1.29, 1.82) is 5.26 Å². The fourth-order valence-corrected chi connectivity index (χ4v) is 1.38. The van der Waals surface area contributed by atoms with Crippen LogP contribution in [0.5, 0.6) is 0 Å². The molecule has 1 heterocycles. The van der Waals surface area contributed by atoms with Crippen molar-refractivity contribution in [2.45, 2.75) is 0 Å². The molecule has 1 aliphatic rings. The van der Waals surface area contributed by atoms with Gasteiger partial charge in [-0.25, -0.2) is 4.79 Å². The number of nitriles is 1. The molecule has 0 saturated carbocycles. The first-order valence-corrected chi connectivity index (χ1v) is 4.49. The van der Waals surface area contributed by atoms with Gasteiger partial charge in [-0.1, -0.05) is 6.08 Å². The van der Waals surface area contributed by atoms with Crippen LogP contribution in [-0.4, -0.2) is 53.7 Å². The van der Waals surface area contributed by atoms with Gasteiger partial charge in [0.1, 0.15) is 0 Å². The number of carboxylic acid groups (broad SMARTS) is 1.